The van der Waals surface area contributed by atoms with E-state index in [4.69, 9.17) is 11.6 Å². The van der Waals surface area contributed by atoms with Crippen LogP contribution in [0.25, 0.3) is 0 Å². The number of rotatable bonds is 6. The van der Waals surface area contributed by atoms with E-state index < -0.39 is 10.0 Å². The van der Waals surface area contributed by atoms with Crippen LogP contribution >= 0.6 is 11.6 Å². The number of carbonyl (C=O) groups is 1. The Hall–Kier alpha value is -1.93. The molecule has 0 saturated carbocycles. The number of nitrogens with zero attached hydrogens (tertiary/aromatic N) is 2. The fourth-order valence-corrected chi connectivity index (χ4v) is 5.96. The Morgan fingerprint density at radius 1 is 0.968 bits per heavy atom. The SMILES string of the molecule is O=C(NC1CCN(Cc2ccccc2)C1)C1CCN(S(=O)(=O)c2ccc(Cl)cc2)CC1. The van der Waals surface area contributed by atoms with E-state index >= 15 is 0 Å². The van der Waals surface area contributed by atoms with Crippen molar-refractivity contribution in [3.05, 3.63) is 65.2 Å². The van der Waals surface area contributed by atoms with Gasteiger partial charge in [-0.15, -0.1) is 0 Å². The van der Waals surface area contributed by atoms with Crippen molar-refractivity contribution in [3.8, 4) is 0 Å². The molecule has 2 aliphatic rings. The zero-order valence-corrected chi connectivity index (χ0v) is 19.0. The number of hydrogen-bond donors (Lipinski definition) is 1. The summed E-state index contributed by atoms with van der Waals surface area (Å²) in [5, 5.41) is 3.70. The average molecular weight is 462 g/mol. The molecular weight excluding hydrogens is 434 g/mol. The van der Waals surface area contributed by atoms with Gasteiger partial charge in [0.25, 0.3) is 0 Å². The van der Waals surface area contributed by atoms with Gasteiger partial charge < -0.3 is 5.32 Å². The first-order valence-electron chi connectivity index (χ1n) is 10.7. The molecule has 1 amide bonds. The molecule has 2 aromatic carbocycles. The third-order valence-corrected chi connectivity index (χ3v) is 8.31. The van der Waals surface area contributed by atoms with E-state index in [2.05, 4.69) is 22.3 Å². The van der Waals surface area contributed by atoms with Crippen LogP contribution in [0.4, 0.5) is 0 Å². The standard InChI is InChI=1S/C23H28ClN3O3S/c24-20-6-8-22(9-7-20)31(29,30)27-14-10-19(11-15-27)23(28)25-21-12-13-26(17-21)16-18-4-2-1-3-5-18/h1-9,19,21H,10-17H2,(H,25,28). The van der Waals surface area contributed by atoms with Crippen molar-refractivity contribution in [3.63, 3.8) is 0 Å². The maximum atomic E-state index is 12.8. The third-order valence-electron chi connectivity index (χ3n) is 6.14. The summed E-state index contributed by atoms with van der Waals surface area (Å²) in [6, 6.07) is 16.7. The lowest BCUT2D eigenvalue weighted by atomic mass is 9.97. The maximum Gasteiger partial charge on any atom is 0.243 e. The normalized spacial score (nSPS) is 21.3. The molecule has 2 aromatic rings. The molecule has 0 spiro atoms. The predicted octanol–water partition coefficient (Wildman–Crippen LogP) is 3.13. The lowest BCUT2D eigenvalue weighted by Crippen LogP contribution is -2.45. The van der Waals surface area contributed by atoms with Gasteiger partial charge >= 0.3 is 0 Å². The average Bonchev–Trinajstić information content (AvgIpc) is 3.21. The molecule has 8 heteroatoms. The van der Waals surface area contributed by atoms with E-state index in [0.29, 0.717) is 31.0 Å². The summed E-state index contributed by atoms with van der Waals surface area (Å²) >= 11 is 5.86. The van der Waals surface area contributed by atoms with Crippen molar-refractivity contribution < 1.29 is 13.2 Å². The third kappa shape index (κ3) is 5.47. The van der Waals surface area contributed by atoms with E-state index in [9.17, 15) is 13.2 Å². The van der Waals surface area contributed by atoms with E-state index in [1.165, 1.54) is 22.0 Å². The smallest absolute Gasteiger partial charge is 0.243 e. The fourth-order valence-electron chi connectivity index (χ4n) is 4.37. The summed E-state index contributed by atoms with van der Waals surface area (Å²) in [6.07, 6.45) is 2.03. The Labute approximate surface area is 189 Å². The fraction of sp³-hybridized carbons (Fsp3) is 0.435. The number of likely N-dealkylation sites (tertiary alicyclic amines) is 1. The topological polar surface area (TPSA) is 69.7 Å². The summed E-state index contributed by atoms with van der Waals surface area (Å²) in [5.41, 5.74) is 1.28. The Morgan fingerprint density at radius 2 is 1.65 bits per heavy atom. The zero-order valence-electron chi connectivity index (χ0n) is 17.4. The molecule has 0 aromatic heterocycles. The van der Waals surface area contributed by atoms with Gasteiger partial charge in [0.1, 0.15) is 0 Å². The highest BCUT2D eigenvalue weighted by atomic mass is 35.5. The van der Waals surface area contributed by atoms with Crippen LogP contribution in [0.1, 0.15) is 24.8 Å². The summed E-state index contributed by atoms with van der Waals surface area (Å²) in [6.45, 7) is 3.43. The Morgan fingerprint density at radius 3 is 2.32 bits per heavy atom. The van der Waals surface area contributed by atoms with Crippen LogP contribution in [0, 0.1) is 5.92 Å². The lowest BCUT2D eigenvalue weighted by Gasteiger charge is -2.31. The van der Waals surface area contributed by atoms with E-state index in [1.807, 2.05) is 18.2 Å². The van der Waals surface area contributed by atoms with Crippen LogP contribution in [-0.2, 0) is 21.4 Å². The Balaban J connectivity index is 1.25. The van der Waals surface area contributed by atoms with Gasteiger partial charge in [0, 0.05) is 49.7 Å². The first-order chi connectivity index (χ1) is 14.9. The molecule has 166 valence electrons. The molecule has 1 atom stereocenters. The minimum atomic E-state index is -3.55. The highest BCUT2D eigenvalue weighted by Crippen LogP contribution is 2.25. The summed E-state index contributed by atoms with van der Waals surface area (Å²) in [5.74, 6) is -0.0880. The van der Waals surface area contributed by atoms with Gasteiger partial charge in [0.2, 0.25) is 15.9 Å². The quantitative estimate of drug-likeness (QED) is 0.717. The van der Waals surface area contributed by atoms with Crippen molar-refractivity contribution in [2.45, 2.75) is 36.7 Å². The number of nitrogens with one attached hydrogen (secondary N) is 1. The number of sulfonamides is 1. The minimum Gasteiger partial charge on any atom is -0.352 e. The Bertz CT molecular complexity index is 990. The number of hydrogen-bond acceptors (Lipinski definition) is 4. The van der Waals surface area contributed by atoms with E-state index in [1.54, 1.807) is 12.1 Å². The molecule has 1 unspecified atom stereocenters. The van der Waals surface area contributed by atoms with Crippen molar-refractivity contribution in [1.29, 1.82) is 0 Å². The van der Waals surface area contributed by atoms with Crippen LogP contribution in [0.5, 0.6) is 0 Å². The first kappa shape index (κ1) is 22.3. The Kier molecular flexibility index (Phi) is 6.96. The second-order valence-electron chi connectivity index (χ2n) is 8.35. The number of benzene rings is 2. The molecule has 0 aliphatic carbocycles. The summed E-state index contributed by atoms with van der Waals surface area (Å²) in [7, 11) is -3.55. The van der Waals surface area contributed by atoms with Gasteiger partial charge in [-0.25, -0.2) is 8.42 Å². The van der Waals surface area contributed by atoms with Crippen LogP contribution in [-0.4, -0.2) is 55.8 Å². The van der Waals surface area contributed by atoms with Crippen LogP contribution < -0.4 is 5.32 Å². The second-order valence-corrected chi connectivity index (χ2v) is 10.7. The molecule has 1 N–H and O–H groups in total. The van der Waals surface area contributed by atoms with Gasteiger partial charge in [-0.05, 0) is 49.1 Å². The number of amides is 1. The van der Waals surface area contributed by atoms with Gasteiger partial charge in [-0.1, -0.05) is 41.9 Å². The predicted molar refractivity (Wildman–Crippen MR) is 121 cm³/mol. The molecule has 0 radical (unpaired) electrons. The summed E-state index contributed by atoms with van der Waals surface area (Å²) < 4.78 is 27.1. The first-order valence-corrected chi connectivity index (χ1v) is 12.6. The molecule has 0 bridgehead atoms. The molecule has 2 aliphatic heterocycles. The monoisotopic (exact) mass is 461 g/mol. The number of halogens is 1. The molecular formula is C23H28ClN3O3S. The molecule has 31 heavy (non-hydrogen) atoms. The number of piperidine rings is 1. The number of carbonyl (C=O) groups excluding carboxylic acids is 1. The highest BCUT2D eigenvalue weighted by Gasteiger charge is 2.33. The molecule has 2 saturated heterocycles. The van der Waals surface area contributed by atoms with Crippen LogP contribution in [0.2, 0.25) is 5.02 Å². The van der Waals surface area contributed by atoms with Crippen LogP contribution in [0.3, 0.4) is 0 Å². The van der Waals surface area contributed by atoms with Gasteiger partial charge in [-0.3, -0.25) is 9.69 Å². The lowest BCUT2D eigenvalue weighted by molar-refractivity contribution is -0.126. The molecule has 2 heterocycles. The van der Waals surface area contributed by atoms with E-state index in [-0.39, 0.29) is 22.8 Å². The van der Waals surface area contributed by atoms with Crippen molar-refractivity contribution in [2.75, 3.05) is 26.2 Å². The maximum absolute atomic E-state index is 12.8. The van der Waals surface area contributed by atoms with Gasteiger partial charge in [-0.2, -0.15) is 4.31 Å². The molecule has 4 rings (SSSR count). The van der Waals surface area contributed by atoms with Gasteiger partial charge in [0.15, 0.2) is 0 Å². The van der Waals surface area contributed by atoms with Crippen molar-refractivity contribution >= 4 is 27.5 Å². The largest absolute Gasteiger partial charge is 0.352 e. The van der Waals surface area contributed by atoms with Crippen molar-refractivity contribution in [1.82, 2.24) is 14.5 Å². The molecule has 6 nitrogen and oxygen atoms in total. The zero-order chi connectivity index (χ0) is 21.8. The second kappa shape index (κ2) is 9.69. The van der Waals surface area contributed by atoms with Crippen LogP contribution in [0.15, 0.2) is 59.5 Å². The van der Waals surface area contributed by atoms with Gasteiger partial charge in [0.05, 0.1) is 4.90 Å². The van der Waals surface area contributed by atoms with E-state index in [0.717, 1.165) is 26.1 Å². The summed E-state index contributed by atoms with van der Waals surface area (Å²) in [4.78, 5) is 15.4. The van der Waals surface area contributed by atoms with Crippen molar-refractivity contribution in [2.24, 2.45) is 5.92 Å². The minimum absolute atomic E-state index is 0.0510. The highest BCUT2D eigenvalue weighted by molar-refractivity contribution is 7.89. The molecule has 2 fully saturated rings.